The Morgan fingerprint density at radius 2 is 1.83 bits per heavy atom. The molecule has 0 aromatic carbocycles. The van der Waals surface area contributed by atoms with E-state index < -0.39 is 0 Å². The van der Waals surface area contributed by atoms with Gasteiger partial charge in [0.25, 0.3) is 0 Å². The molecule has 162 valence electrons. The molecule has 8 atom stereocenters. The van der Waals surface area contributed by atoms with Crippen LogP contribution in [-0.4, -0.2) is 0 Å². The molecule has 0 spiro atoms. The van der Waals surface area contributed by atoms with E-state index in [-0.39, 0.29) is 0 Å². The summed E-state index contributed by atoms with van der Waals surface area (Å²) in [5, 5.41) is 0. The lowest BCUT2D eigenvalue weighted by molar-refractivity contribution is -0.0410. The van der Waals surface area contributed by atoms with Crippen molar-refractivity contribution in [2.75, 3.05) is 0 Å². The molecule has 0 heteroatoms. The lowest BCUT2D eigenvalue weighted by atomic mass is 9.47. The van der Waals surface area contributed by atoms with E-state index in [0.29, 0.717) is 10.8 Å². The van der Waals surface area contributed by atoms with Gasteiger partial charge in [0, 0.05) is 0 Å². The number of fused-ring (bicyclic) bond motifs is 5. The summed E-state index contributed by atoms with van der Waals surface area (Å²) in [6, 6.07) is 0. The van der Waals surface area contributed by atoms with E-state index >= 15 is 0 Å². The standard InChI is InChI=1S/C29H46/c1-7-22(20(2)3)12-11-21(4)25-15-16-26-24-14-13-23-10-8-9-18-28(23,5)27(24)17-19-29(25,26)6/h8,10-13,20-22,24-27H,7,9,14-19H2,1-6H3. The molecule has 0 heterocycles. The normalized spacial score (nSPS) is 43.6. The highest BCUT2D eigenvalue weighted by molar-refractivity contribution is 5.34. The van der Waals surface area contributed by atoms with Gasteiger partial charge >= 0.3 is 0 Å². The van der Waals surface area contributed by atoms with Gasteiger partial charge in [-0.15, -0.1) is 0 Å². The second kappa shape index (κ2) is 8.05. The minimum Gasteiger partial charge on any atom is -0.0851 e. The molecule has 4 aliphatic carbocycles. The van der Waals surface area contributed by atoms with Gasteiger partial charge in [-0.2, -0.15) is 0 Å². The molecule has 2 fully saturated rings. The SMILES string of the molecule is CCC(C=CC(C)C1CCC2C3CC=C4C=CCCC4(C)C3CCC12C)C(C)C. The molecule has 4 rings (SSSR count). The summed E-state index contributed by atoms with van der Waals surface area (Å²) in [6.07, 6.45) is 23.9. The number of rotatable bonds is 5. The van der Waals surface area contributed by atoms with E-state index in [1.807, 2.05) is 0 Å². The van der Waals surface area contributed by atoms with Crippen LogP contribution in [0.3, 0.4) is 0 Å². The van der Waals surface area contributed by atoms with Crippen molar-refractivity contribution in [2.45, 2.75) is 92.9 Å². The van der Waals surface area contributed by atoms with Gasteiger partial charge < -0.3 is 0 Å². The van der Waals surface area contributed by atoms with Gasteiger partial charge in [0.2, 0.25) is 0 Å². The average molecular weight is 395 g/mol. The first-order chi connectivity index (χ1) is 13.8. The highest BCUT2D eigenvalue weighted by Crippen LogP contribution is 2.66. The van der Waals surface area contributed by atoms with E-state index in [1.165, 1.54) is 51.4 Å². The van der Waals surface area contributed by atoms with Crippen molar-refractivity contribution in [2.24, 2.45) is 52.3 Å². The topological polar surface area (TPSA) is 0 Å². The second-order valence-corrected chi connectivity index (χ2v) is 11.9. The van der Waals surface area contributed by atoms with Crippen molar-refractivity contribution in [3.63, 3.8) is 0 Å². The molecule has 0 nitrogen and oxygen atoms in total. The largest absolute Gasteiger partial charge is 0.0851 e. The second-order valence-electron chi connectivity index (χ2n) is 11.9. The van der Waals surface area contributed by atoms with Crippen LogP contribution in [-0.2, 0) is 0 Å². The zero-order valence-corrected chi connectivity index (χ0v) is 20.1. The van der Waals surface area contributed by atoms with E-state index in [9.17, 15) is 0 Å². The average Bonchev–Trinajstić information content (AvgIpc) is 3.05. The summed E-state index contributed by atoms with van der Waals surface area (Å²) >= 11 is 0. The first-order valence-corrected chi connectivity index (χ1v) is 12.9. The van der Waals surface area contributed by atoms with Crippen LogP contribution in [0, 0.1) is 52.3 Å². The van der Waals surface area contributed by atoms with Gasteiger partial charge in [0.15, 0.2) is 0 Å². The van der Waals surface area contributed by atoms with Crippen LogP contribution in [0.2, 0.25) is 0 Å². The minimum absolute atomic E-state index is 0.466. The van der Waals surface area contributed by atoms with Crippen LogP contribution in [0.25, 0.3) is 0 Å². The molecule has 0 N–H and O–H groups in total. The first kappa shape index (κ1) is 21.5. The molecule has 0 aromatic rings. The minimum atomic E-state index is 0.466. The van der Waals surface area contributed by atoms with Crippen molar-refractivity contribution in [3.05, 3.63) is 36.0 Å². The Kier molecular flexibility index (Phi) is 5.95. The van der Waals surface area contributed by atoms with Crippen molar-refractivity contribution in [1.82, 2.24) is 0 Å². The molecule has 4 aliphatic rings. The predicted molar refractivity (Wildman–Crippen MR) is 127 cm³/mol. The summed E-state index contributed by atoms with van der Waals surface area (Å²) < 4.78 is 0. The van der Waals surface area contributed by atoms with Crippen LogP contribution in [0.4, 0.5) is 0 Å². The predicted octanol–water partition coefficient (Wildman–Crippen LogP) is 8.61. The molecule has 0 aliphatic heterocycles. The Bertz CT molecular complexity index is 678. The van der Waals surface area contributed by atoms with Crippen LogP contribution < -0.4 is 0 Å². The Hall–Kier alpha value is -0.780. The van der Waals surface area contributed by atoms with Gasteiger partial charge in [-0.25, -0.2) is 0 Å². The molecular weight excluding hydrogens is 348 g/mol. The van der Waals surface area contributed by atoms with E-state index in [2.05, 4.69) is 71.9 Å². The lowest BCUT2D eigenvalue weighted by Crippen LogP contribution is -2.49. The molecule has 0 saturated heterocycles. The quantitative estimate of drug-likeness (QED) is 0.409. The summed E-state index contributed by atoms with van der Waals surface area (Å²) in [5.74, 6) is 5.96. The van der Waals surface area contributed by atoms with Crippen LogP contribution in [0.1, 0.15) is 92.9 Å². The molecule has 29 heavy (non-hydrogen) atoms. The molecule has 0 bridgehead atoms. The molecule has 0 radical (unpaired) electrons. The molecular formula is C29H46. The monoisotopic (exact) mass is 394 g/mol. The maximum Gasteiger partial charge on any atom is -0.00445 e. The van der Waals surface area contributed by atoms with E-state index in [0.717, 1.165) is 41.4 Å². The fourth-order valence-corrected chi connectivity index (χ4v) is 8.49. The Labute approximate surface area is 181 Å². The molecule has 2 saturated carbocycles. The smallest absolute Gasteiger partial charge is 0.00445 e. The highest BCUT2D eigenvalue weighted by atomic mass is 14.6. The number of allylic oxidation sites excluding steroid dienone is 6. The summed E-state index contributed by atoms with van der Waals surface area (Å²) in [5.41, 5.74) is 2.71. The van der Waals surface area contributed by atoms with E-state index in [4.69, 9.17) is 0 Å². The Morgan fingerprint density at radius 3 is 2.55 bits per heavy atom. The van der Waals surface area contributed by atoms with Gasteiger partial charge in [-0.05, 0) is 109 Å². The third kappa shape index (κ3) is 3.51. The number of hydrogen-bond acceptors (Lipinski definition) is 0. The summed E-state index contributed by atoms with van der Waals surface area (Å²) in [7, 11) is 0. The fraction of sp³-hybridized carbons (Fsp3) is 0.793. The van der Waals surface area contributed by atoms with Crippen LogP contribution in [0.15, 0.2) is 36.0 Å². The van der Waals surface area contributed by atoms with Gasteiger partial charge in [0.1, 0.15) is 0 Å². The summed E-state index contributed by atoms with van der Waals surface area (Å²) in [6.45, 7) is 14.9. The Balaban J connectivity index is 1.53. The number of hydrogen-bond donors (Lipinski definition) is 0. The third-order valence-electron chi connectivity index (χ3n) is 10.4. The molecule has 0 aromatic heterocycles. The fourth-order valence-electron chi connectivity index (χ4n) is 8.49. The maximum absolute atomic E-state index is 2.69. The van der Waals surface area contributed by atoms with Crippen molar-refractivity contribution in [3.8, 4) is 0 Å². The van der Waals surface area contributed by atoms with Crippen molar-refractivity contribution >= 4 is 0 Å². The van der Waals surface area contributed by atoms with E-state index in [1.54, 1.807) is 5.57 Å². The van der Waals surface area contributed by atoms with Crippen LogP contribution in [0.5, 0.6) is 0 Å². The van der Waals surface area contributed by atoms with Gasteiger partial charge in [-0.1, -0.05) is 71.9 Å². The van der Waals surface area contributed by atoms with Crippen LogP contribution >= 0.6 is 0 Å². The highest BCUT2D eigenvalue weighted by Gasteiger charge is 2.58. The van der Waals surface area contributed by atoms with Crippen molar-refractivity contribution < 1.29 is 0 Å². The molecule has 8 unspecified atom stereocenters. The summed E-state index contributed by atoms with van der Waals surface area (Å²) in [4.78, 5) is 0. The zero-order chi connectivity index (χ0) is 20.8. The third-order valence-corrected chi connectivity index (χ3v) is 10.4. The first-order valence-electron chi connectivity index (χ1n) is 12.9. The molecule has 0 amide bonds. The van der Waals surface area contributed by atoms with Gasteiger partial charge in [0.05, 0.1) is 0 Å². The van der Waals surface area contributed by atoms with Gasteiger partial charge in [-0.3, -0.25) is 0 Å². The maximum atomic E-state index is 2.69. The lowest BCUT2D eigenvalue weighted by Gasteiger charge is -2.57. The Morgan fingerprint density at radius 1 is 1.03 bits per heavy atom. The van der Waals surface area contributed by atoms with Crippen molar-refractivity contribution in [1.29, 1.82) is 0 Å². The zero-order valence-electron chi connectivity index (χ0n) is 20.1.